The fraction of sp³-hybridized carbons (Fsp3) is 0.769. The number of ether oxygens (including phenoxy) is 1. The lowest BCUT2D eigenvalue weighted by atomic mass is 9.71. The lowest BCUT2D eigenvalue weighted by Crippen LogP contribution is -2.32. The second-order valence-electron chi connectivity index (χ2n) is 5.63. The molecule has 0 amide bonds. The Morgan fingerprint density at radius 3 is 2.47 bits per heavy atom. The molecule has 0 aromatic rings. The third-order valence-electron chi connectivity index (χ3n) is 3.05. The maximum atomic E-state index is 11.0. The van der Waals surface area contributed by atoms with E-state index in [1.165, 1.54) is 13.3 Å². The van der Waals surface area contributed by atoms with E-state index >= 15 is 0 Å². The fourth-order valence-corrected chi connectivity index (χ4v) is 2.63. The number of rotatable bonds is 3. The summed E-state index contributed by atoms with van der Waals surface area (Å²) in [6, 6.07) is 0. The zero-order chi connectivity index (χ0) is 11.6. The fourth-order valence-electron chi connectivity index (χ4n) is 2.63. The van der Waals surface area contributed by atoms with E-state index in [9.17, 15) is 4.79 Å². The molecule has 15 heavy (non-hydrogen) atoms. The van der Waals surface area contributed by atoms with E-state index < -0.39 is 0 Å². The van der Waals surface area contributed by atoms with Gasteiger partial charge in [-0.3, -0.25) is 4.79 Å². The molecule has 0 aromatic heterocycles. The highest BCUT2D eigenvalue weighted by molar-refractivity contribution is 5.90. The molecule has 2 heteroatoms. The van der Waals surface area contributed by atoms with Gasteiger partial charge in [-0.05, 0) is 30.6 Å². The van der Waals surface area contributed by atoms with E-state index in [1.54, 1.807) is 0 Å². The standard InChI is InChI=1S/C13H22O2/c1-9-6-12(8-13(4,5)7-9)15-11(3)10(2)14/h9,12H,3,6-8H2,1-2,4-5H3/t9-,12-/m0/s1. The van der Waals surface area contributed by atoms with Gasteiger partial charge in [-0.1, -0.05) is 27.4 Å². The lowest BCUT2D eigenvalue weighted by molar-refractivity contribution is -0.119. The van der Waals surface area contributed by atoms with Crippen molar-refractivity contribution >= 4 is 5.78 Å². The Bertz CT molecular complexity index is 266. The summed E-state index contributed by atoms with van der Waals surface area (Å²) >= 11 is 0. The molecule has 0 bridgehead atoms. The van der Waals surface area contributed by atoms with Crippen molar-refractivity contribution in [3.63, 3.8) is 0 Å². The largest absolute Gasteiger partial charge is 0.487 e. The molecule has 1 fully saturated rings. The summed E-state index contributed by atoms with van der Waals surface area (Å²) in [5.41, 5.74) is 0.319. The Balaban J connectivity index is 2.56. The molecule has 0 spiro atoms. The Morgan fingerprint density at radius 1 is 1.40 bits per heavy atom. The van der Waals surface area contributed by atoms with Crippen LogP contribution in [0.4, 0.5) is 0 Å². The number of allylic oxidation sites excluding steroid dienone is 1. The van der Waals surface area contributed by atoms with Gasteiger partial charge in [0.05, 0.1) is 6.10 Å². The van der Waals surface area contributed by atoms with Crippen LogP contribution in [0.3, 0.4) is 0 Å². The number of carbonyl (C=O) groups is 1. The summed E-state index contributed by atoms with van der Waals surface area (Å²) in [5.74, 6) is 0.912. The number of ketones is 1. The number of Topliss-reactive ketones (excluding diaryl/α,β-unsaturated/α-hetero) is 1. The smallest absolute Gasteiger partial charge is 0.193 e. The molecule has 1 saturated carbocycles. The van der Waals surface area contributed by atoms with Gasteiger partial charge in [0.15, 0.2) is 11.5 Å². The molecular formula is C13H22O2. The quantitative estimate of drug-likeness (QED) is 0.527. The van der Waals surface area contributed by atoms with Crippen LogP contribution in [-0.2, 0) is 9.53 Å². The molecule has 0 radical (unpaired) electrons. The second-order valence-corrected chi connectivity index (χ2v) is 5.63. The number of hydrogen-bond acceptors (Lipinski definition) is 2. The SMILES string of the molecule is C=C(O[C@H]1C[C@H](C)CC(C)(C)C1)C(C)=O. The first kappa shape index (κ1) is 12.3. The van der Waals surface area contributed by atoms with Gasteiger partial charge < -0.3 is 4.74 Å². The zero-order valence-electron chi connectivity index (χ0n) is 10.3. The summed E-state index contributed by atoms with van der Waals surface area (Å²) in [6.07, 6.45) is 3.46. The molecular weight excluding hydrogens is 188 g/mol. The number of hydrogen-bond donors (Lipinski definition) is 0. The van der Waals surface area contributed by atoms with Gasteiger partial charge >= 0.3 is 0 Å². The van der Waals surface area contributed by atoms with Crippen molar-refractivity contribution in [2.24, 2.45) is 11.3 Å². The van der Waals surface area contributed by atoms with Gasteiger partial charge in [0.2, 0.25) is 0 Å². The molecule has 0 saturated heterocycles. The van der Waals surface area contributed by atoms with Gasteiger partial charge in [-0.2, -0.15) is 0 Å². The van der Waals surface area contributed by atoms with Crippen molar-refractivity contribution in [2.45, 2.75) is 53.1 Å². The first-order valence-electron chi connectivity index (χ1n) is 5.66. The first-order chi connectivity index (χ1) is 6.80. The average molecular weight is 210 g/mol. The van der Waals surface area contributed by atoms with Crippen LogP contribution in [0.5, 0.6) is 0 Å². The second kappa shape index (κ2) is 4.38. The van der Waals surface area contributed by atoms with Crippen LogP contribution >= 0.6 is 0 Å². The lowest BCUT2D eigenvalue weighted by Gasteiger charge is -2.38. The molecule has 0 heterocycles. The summed E-state index contributed by atoms with van der Waals surface area (Å²) in [4.78, 5) is 11.0. The molecule has 2 atom stereocenters. The van der Waals surface area contributed by atoms with Gasteiger partial charge in [-0.15, -0.1) is 0 Å². The maximum Gasteiger partial charge on any atom is 0.193 e. The van der Waals surface area contributed by atoms with Crippen LogP contribution in [0.15, 0.2) is 12.3 Å². The average Bonchev–Trinajstić information content (AvgIpc) is 1.99. The van der Waals surface area contributed by atoms with Crippen molar-refractivity contribution in [1.82, 2.24) is 0 Å². The first-order valence-corrected chi connectivity index (χ1v) is 5.66. The molecule has 1 rings (SSSR count). The van der Waals surface area contributed by atoms with Crippen LogP contribution in [0, 0.1) is 11.3 Å². The van der Waals surface area contributed by atoms with E-state index in [-0.39, 0.29) is 11.9 Å². The molecule has 0 aromatic carbocycles. The monoisotopic (exact) mass is 210 g/mol. The summed E-state index contributed by atoms with van der Waals surface area (Å²) in [7, 11) is 0. The molecule has 86 valence electrons. The molecule has 0 aliphatic heterocycles. The zero-order valence-corrected chi connectivity index (χ0v) is 10.3. The molecule has 0 N–H and O–H groups in total. The summed E-state index contributed by atoms with van der Waals surface area (Å²) < 4.78 is 5.61. The number of carbonyl (C=O) groups excluding carboxylic acids is 1. The van der Waals surface area contributed by atoms with Crippen molar-refractivity contribution in [1.29, 1.82) is 0 Å². The predicted molar refractivity (Wildman–Crippen MR) is 61.5 cm³/mol. The minimum absolute atomic E-state index is 0.0639. The normalized spacial score (nSPS) is 29.6. The van der Waals surface area contributed by atoms with E-state index in [0.717, 1.165) is 12.8 Å². The third kappa shape index (κ3) is 3.69. The Morgan fingerprint density at radius 2 is 2.00 bits per heavy atom. The molecule has 1 aliphatic rings. The summed E-state index contributed by atoms with van der Waals surface area (Å²) in [6.45, 7) is 11.9. The van der Waals surface area contributed by atoms with E-state index in [2.05, 4.69) is 27.4 Å². The minimum atomic E-state index is -0.0639. The Hall–Kier alpha value is -0.790. The van der Waals surface area contributed by atoms with Crippen molar-refractivity contribution in [3.8, 4) is 0 Å². The summed E-state index contributed by atoms with van der Waals surface area (Å²) in [5, 5.41) is 0. The van der Waals surface area contributed by atoms with E-state index in [4.69, 9.17) is 4.74 Å². The molecule has 0 unspecified atom stereocenters. The van der Waals surface area contributed by atoms with Crippen LogP contribution in [0.1, 0.15) is 47.0 Å². The third-order valence-corrected chi connectivity index (χ3v) is 3.05. The van der Waals surface area contributed by atoms with Gasteiger partial charge in [-0.25, -0.2) is 0 Å². The van der Waals surface area contributed by atoms with Crippen LogP contribution in [-0.4, -0.2) is 11.9 Å². The van der Waals surface area contributed by atoms with Crippen LogP contribution in [0.2, 0.25) is 0 Å². The van der Waals surface area contributed by atoms with Crippen molar-refractivity contribution in [2.75, 3.05) is 0 Å². The van der Waals surface area contributed by atoms with Crippen molar-refractivity contribution in [3.05, 3.63) is 12.3 Å². The Labute approximate surface area is 92.7 Å². The van der Waals surface area contributed by atoms with Gasteiger partial charge in [0.1, 0.15) is 0 Å². The van der Waals surface area contributed by atoms with E-state index in [0.29, 0.717) is 17.1 Å². The minimum Gasteiger partial charge on any atom is -0.487 e. The van der Waals surface area contributed by atoms with E-state index in [1.807, 2.05) is 0 Å². The highest BCUT2D eigenvalue weighted by atomic mass is 16.5. The Kier molecular flexibility index (Phi) is 3.58. The predicted octanol–water partition coefficient (Wildman–Crippen LogP) is 3.32. The maximum absolute atomic E-state index is 11.0. The topological polar surface area (TPSA) is 26.3 Å². The van der Waals surface area contributed by atoms with Gasteiger partial charge in [0, 0.05) is 6.92 Å². The van der Waals surface area contributed by atoms with Crippen LogP contribution in [0.25, 0.3) is 0 Å². The highest BCUT2D eigenvalue weighted by Crippen LogP contribution is 2.40. The van der Waals surface area contributed by atoms with Gasteiger partial charge in [0.25, 0.3) is 0 Å². The highest BCUT2D eigenvalue weighted by Gasteiger charge is 2.33. The van der Waals surface area contributed by atoms with Crippen molar-refractivity contribution < 1.29 is 9.53 Å². The van der Waals surface area contributed by atoms with Crippen LogP contribution < -0.4 is 0 Å². The molecule has 1 aliphatic carbocycles. The molecule has 2 nitrogen and oxygen atoms in total.